The number of nitrogens with zero attached hydrogens (tertiary/aromatic N) is 1. The summed E-state index contributed by atoms with van der Waals surface area (Å²) in [7, 11) is 0. The molecular weight excluding hydrogens is 281 g/mol. The van der Waals surface area contributed by atoms with Crippen LogP contribution in [0, 0.1) is 5.92 Å². The first-order chi connectivity index (χ1) is 9.36. The first-order valence-corrected chi connectivity index (χ1v) is 6.28. The van der Waals surface area contributed by atoms with Crippen LogP contribution in [0.1, 0.15) is 12.8 Å². The molecule has 0 radical (unpaired) electrons. The molecule has 0 spiro atoms. The van der Waals surface area contributed by atoms with E-state index in [9.17, 15) is 22.8 Å². The third-order valence-electron chi connectivity index (χ3n) is 3.17. The predicted octanol–water partition coefficient (Wildman–Crippen LogP) is 0.234. The van der Waals surface area contributed by atoms with Gasteiger partial charge in [-0.1, -0.05) is 0 Å². The van der Waals surface area contributed by atoms with E-state index in [1.165, 1.54) is 0 Å². The summed E-state index contributed by atoms with van der Waals surface area (Å²) in [6.07, 6.45) is -3.33. The highest BCUT2D eigenvalue weighted by Gasteiger charge is 2.45. The minimum Gasteiger partial charge on any atom is -0.379 e. The van der Waals surface area contributed by atoms with Crippen LogP contribution in [-0.2, 0) is 19.2 Å². The second kappa shape index (κ2) is 5.96. The maximum atomic E-state index is 11.9. The van der Waals surface area contributed by atoms with Gasteiger partial charge in [-0.3, -0.25) is 4.79 Å². The second-order valence-electron chi connectivity index (χ2n) is 4.84. The Kier molecular flexibility index (Phi) is 4.48. The number of hydroxylamine groups is 2. The van der Waals surface area contributed by atoms with Gasteiger partial charge in [-0.2, -0.15) is 13.2 Å². The summed E-state index contributed by atoms with van der Waals surface area (Å²) in [5.74, 6) is -2.98. The molecule has 1 N–H and O–H groups in total. The smallest absolute Gasteiger partial charge is 0.379 e. The van der Waals surface area contributed by atoms with Gasteiger partial charge in [0.15, 0.2) is 0 Å². The maximum absolute atomic E-state index is 11.9. The number of rotatable bonds is 3. The van der Waals surface area contributed by atoms with Crippen molar-refractivity contribution in [2.45, 2.75) is 25.1 Å². The molecule has 0 aromatic rings. The Morgan fingerprint density at radius 1 is 1.30 bits per heavy atom. The van der Waals surface area contributed by atoms with Gasteiger partial charge in [-0.25, -0.2) is 4.79 Å². The fourth-order valence-corrected chi connectivity index (χ4v) is 2.02. The first kappa shape index (κ1) is 15.0. The minimum absolute atomic E-state index is 0.0266. The molecule has 2 saturated heterocycles. The lowest BCUT2D eigenvalue weighted by Gasteiger charge is -2.37. The van der Waals surface area contributed by atoms with Crippen molar-refractivity contribution in [2.75, 3.05) is 26.3 Å². The van der Waals surface area contributed by atoms with Gasteiger partial charge in [0.2, 0.25) is 5.91 Å². The Balaban J connectivity index is 1.67. The van der Waals surface area contributed by atoms with Crippen molar-refractivity contribution in [3.63, 3.8) is 0 Å². The monoisotopic (exact) mass is 296 g/mol. The number of halogens is 3. The Morgan fingerprint density at radius 2 is 2.00 bits per heavy atom. The van der Waals surface area contributed by atoms with Gasteiger partial charge < -0.3 is 14.9 Å². The molecule has 0 bridgehead atoms. The van der Waals surface area contributed by atoms with Crippen LogP contribution in [0.2, 0.25) is 0 Å². The van der Waals surface area contributed by atoms with Crippen LogP contribution >= 0.6 is 0 Å². The molecule has 20 heavy (non-hydrogen) atoms. The number of hydrogen-bond acceptors (Lipinski definition) is 5. The molecule has 0 aliphatic carbocycles. The summed E-state index contributed by atoms with van der Waals surface area (Å²) < 4.78 is 41.0. The molecule has 0 aromatic carbocycles. The lowest BCUT2D eigenvalue weighted by atomic mass is 10.0. The molecule has 0 saturated carbocycles. The molecule has 6 nitrogen and oxygen atoms in total. The van der Waals surface area contributed by atoms with E-state index in [1.54, 1.807) is 0 Å². The molecule has 2 aliphatic rings. The fraction of sp³-hybridized carbons (Fsp3) is 0.818. The Morgan fingerprint density at radius 3 is 2.55 bits per heavy atom. The van der Waals surface area contributed by atoms with Crippen LogP contribution in [0.5, 0.6) is 0 Å². The van der Waals surface area contributed by atoms with Gasteiger partial charge in [0.25, 0.3) is 0 Å². The van der Waals surface area contributed by atoms with Crippen LogP contribution in [0.3, 0.4) is 0 Å². The zero-order chi connectivity index (χ0) is 14.8. The summed E-state index contributed by atoms with van der Waals surface area (Å²) >= 11 is 0. The highest BCUT2D eigenvalue weighted by Crippen LogP contribution is 2.22. The largest absolute Gasteiger partial charge is 0.492 e. The average Bonchev–Trinajstić information content (AvgIpc) is 2.32. The van der Waals surface area contributed by atoms with E-state index in [4.69, 9.17) is 4.74 Å². The topological polar surface area (TPSA) is 67.9 Å². The Labute approximate surface area is 113 Å². The number of nitrogens with one attached hydrogen (secondary N) is 1. The summed E-state index contributed by atoms with van der Waals surface area (Å²) in [4.78, 5) is 26.4. The van der Waals surface area contributed by atoms with Crippen LogP contribution in [0.4, 0.5) is 13.2 Å². The second-order valence-corrected chi connectivity index (χ2v) is 4.84. The standard InChI is InChI=1S/C11H15F3N2O4/c12-11(13,14)10(18)20-16-4-7(5-16)9(17)15-8-2-1-3-19-6-8/h7-8H,1-6H2,(H,15,17). The number of ether oxygens (including phenoxy) is 1. The minimum atomic E-state index is -5.02. The highest BCUT2D eigenvalue weighted by atomic mass is 19.4. The Bertz CT molecular complexity index is 376. The molecule has 1 amide bonds. The maximum Gasteiger partial charge on any atom is 0.492 e. The first-order valence-electron chi connectivity index (χ1n) is 6.28. The van der Waals surface area contributed by atoms with E-state index in [2.05, 4.69) is 10.2 Å². The van der Waals surface area contributed by atoms with Crippen molar-refractivity contribution >= 4 is 11.9 Å². The van der Waals surface area contributed by atoms with E-state index in [0.717, 1.165) is 17.9 Å². The number of carbonyl (C=O) groups is 2. The zero-order valence-corrected chi connectivity index (χ0v) is 10.6. The molecule has 1 unspecified atom stereocenters. The molecule has 2 rings (SSSR count). The molecule has 114 valence electrons. The molecule has 0 aromatic heterocycles. The molecule has 9 heteroatoms. The van der Waals surface area contributed by atoms with Gasteiger partial charge in [0, 0.05) is 19.7 Å². The summed E-state index contributed by atoms with van der Waals surface area (Å²) in [5.41, 5.74) is 0. The van der Waals surface area contributed by atoms with Crippen LogP contribution in [-0.4, -0.2) is 55.5 Å². The van der Waals surface area contributed by atoms with E-state index in [-0.39, 0.29) is 25.0 Å². The van der Waals surface area contributed by atoms with E-state index in [0.29, 0.717) is 13.2 Å². The SMILES string of the molecule is O=C(NC1CCCOC1)C1CN(OC(=O)C(F)(F)F)C1. The molecule has 2 heterocycles. The summed E-state index contributed by atoms with van der Waals surface area (Å²) in [6.45, 7) is 1.07. The fourth-order valence-electron chi connectivity index (χ4n) is 2.02. The quantitative estimate of drug-likeness (QED) is 0.808. The molecule has 1 atom stereocenters. The van der Waals surface area contributed by atoms with Crippen molar-refractivity contribution < 1.29 is 32.3 Å². The van der Waals surface area contributed by atoms with Gasteiger partial charge in [-0.15, -0.1) is 5.06 Å². The highest BCUT2D eigenvalue weighted by molar-refractivity contribution is 5.80. The molecular formula is C11H15F3N2O4. The Hall–Kier alpha value is -1.35. The van der Waals surface area contributed by atoms with E-state index >= 15 is 0 Å². The van der Waals surface area contributed by atoms with Crippen molar-refractivity contribution in [2.24, 2.45) is 5.92 Å². The van der Waals surface area contributed by atoms with Crippen molar-refractivity contribution in [1.82, 2.24) is 10.4 Å². The van der Waals surface area contributed by atoms with Gasteiger partial charge in [-0.05, 0) is 12.8 Å². The number of carbonyl (C=O) groups excluding carboxylic acids is 2. The normalized spacial score (nSPS) is 24.9. The lowest BCUT2D eigenvalue weighted by molar-refractivity contribution is -0.257. The van der Waals surface area contributed by atoms with Crippen LogP contribution in [0.15, 0.2) is 0 Å². The lowest BCUT2D eigenvalue weighted by Crippen LogP contribution is -2.56. The number of hydrogen-bond donors (Lipinski definition) is 1. The van der Waals surface area contributed by atoms with Crippen molar-refractivity contribution in [3.05, 3.63) is 0 Å². The third kappa shape index (κ3) is 3.83. The average molecular weight is 296 g/mol. The van der Waals surface area contributed by atoms with Gasteiger partial charge >= 0.3 is 12.1 Å². The zero-order valence-electron chi connectivity index (χ0n) is 10.6. The van der Waals surface area contributed by atoms with Crippen molar-refractivity contribution in [3.8, 4) is 0 Å². The van der Waals surface area contributed by atoms with Gasteiger partial charge in [0.05, 0.1) is 18.6 Å². The predicted molar refractivity (Wildman–Crippen MR) is 59.2 cm³/mol. The van der Waals surface area contributed by atoms with E-state index < -0.39 is 18.1 Å². The summed E-state index contributed by atoms with van der Waals surface area (Å²) in [5, 5.41) is 3.60. The van der Waals surface area contributed by atoms with Gasteiger partial charge in [0.1, 0.15) is 0 Å². The third-order valence-corrected chi connectivity index (χ3v) is 3.17. The van der Waals surface area contributed by atoms with Crippen LogP contribution in [0.25, 0.3) is 0 Å². The van der Waals surface area contributed by atoms with E-state index in [1.807, 2.05) is 0 Å². The summed E-state index contributed by atoms with van der Waals surface area (Å²) in [6, 6.07) is -0.0528. The number of alkyl halides is 3. The number of amides is 1. The molecule has 2 fully saturated rings. The van der Waals surface area contributed by atoms with Crippen LogP contribution < -0.4 is 5.32 Å². The van der Waals surface area contributed by atoms with Crippen molar-refractivity contribution in [1.29, 1.82) is 0 Å². The molecule has 2 aliphatic heterocycles.